The Balaban J connectivity index is 1.73. The molecule has 2 saturated carbocycles. The second kappa shape index (κ2) is 5.68. The minimum absolute atomic E-state index is 0.250. The van der Waals surface area contributed by atoms with Gasteiger partial charge in [-0.3, -0.25) is 0 Å². The van der Waals surface area contributed by atoms with Crippen molar-refractivity contribution in [3.8, 4) is 0 Å². The van der Waals surface area contributed by atoms with E-state index in [9.17, 15) is 0 Å². The topological polar surface area (TPSA) is 30.5 Å². The smallest absolute Gasteiger partial charge is 0.0986 e. The molecule has 1 N–H and O–H groups in total. The molecule has 0 aromatic rings. The van der Waals surface area contributed by atoms with Crippen LogP contribution in [-0.2, 0) is 9.47 Å². The zero-order valence-electron chi connectivity index (χ0n) is 11.5. The summed E-state index contributed by atoms with van der Waals surface area (Å²) in [6.07, 6.45) is 7.20. The molecule has 100 valence electrons. The largest absolute Gasteiger partial charge is 0.377 e. The monoisotopic (exact) mass is 241 g/mol. The summed E-state index contributed by atoms with van der Waals surface area (Å²) in [5, 5.41) is 3.69. The Morgan fingerprint density at radius 2 is 2.00 bits per heavy atom. The van der Waals surface area contributed by atoms with Crippen LogP contribution in [0.5, 0.6) is 0 Å². The molecule has 0 aliphatic heterocycles. The highest BCUT2D eigenvalue weighted by Crippen LogP contribution is 2.37. The summed E-state index contributed by atoms with van der Waals surface area (Å²) < 4.78 is 11.2. The summed E-state index contributed by atoms with van der Waals surface area (Å²) in [5.41, 5.74) is 0.523. The van der Waals surface area contributed by atoms with Gasteiger partial charge in [0.2, 0.25) is 0 Å². The van der Waals surface area contributed by atoms with E-state index in [0.29, 0.717) is 17.6 Å². The molecule has 0 aromatic carbocycles. The maximum Gasteiger partial charge on any atom is 0.0986 e. The van der Waals surface area contributed by atoms with E-state index in [4.69, 9.17) is 9.47 Å². The molecule has 0 amide bonds. The molecule has 0 aromatic heterocycles. The molecule has 2 rings (SSSR count). The molecule has 2 aliphatic carbocycles. The molecule has 0 bridgehead atoms. The zero-order chi connectivity index (χ0) is 12.3. The van der Waals surface area contributed by atoms with Crippen LogP contribution in [0.1, 0.15) is 46.0 Å². The normalized spacial score (nSPS) is 35.8. The molecular weight excluding hydrogens is 214 g/mol. The van der Waals surface area contributed by atoms with Gasteiger partial charge < -0.3 is 14.8 Å². The van der Waals surface area contributed by atoms with Gasteiger partial charge in [0, 0.05) is 26.3 Å². The van der Waals surface area contributed by atoms with Gasteiger partial charge in [-0.25, -0.2) is 0 Å². The first-order valence-electron chi connectivity index (χ1n) is 7.06. The fraction of sp³-hybridized carbons (Fsp3) is 1.00. The van der Waals surface area contributed by atoms with Crippen molar-refractivity contribution >= 4 is 0 Å². The summed E-state index contributed by atoms with van der Waals surface area (Å²) in [6, 6.07) is 0.494. The lowest BCUT2D eigenvalue weighted by Crippen LogP contribution is -2.60. The molecule has 2 aliphatic rings. The number of ether oxygens (including phenoxy) is 2. The lowest BCUT2D eigenvalue weighted by atomic mass is 9.83. The summed E-state index contributed by atoms with van der Waals surface area (Å²) >= 11 is 0. The van der Waals surface area contributed by atoms with Gasteiger partial charge in [0.05, 0.1) is 12.2 Å². The Morgan fingerprint density at radius 3 is 2.59 bits per heavy atom. The van der Waals surface area contributed by atoms with E-state index in [-0.39, 0.29) is 6.10 Å². The van der Waals surface area contributed by atoms with Crippen LogP contribution in [0.2, 0.25) is 0 Å². The molecule has 0 radical (unpaired) electrons. The predicted octanol–water partition coefficient (Wildman–Crippen LogP) is 2.35. The van der Waals surface area contributed by atoms with E-state index in [1.165, 1.54) is 25.7 Å². The van der Waals surface area contributed by atoms with Crippen molar-refractivity contribution < 1.29 is 9.47 Å². The summed E-state index contributed by atoms with van der Waals surface area (Å²) in [7, 11) is 1.79. The standard InChI is InChI=1S/C14H27NO2/c1-4-17-12-9-11(13(12)16-3)15-10-14(2)7-5-6-8-14/h11-13,15H,4-10H2,1-3H3. The predicted molar refractivity (Wildman–Crippen MR) is 69.2 cm³/mol. The van der Waals surface area contributed by atoms with Crippen LogP contribution < -0.4 is 5.32 Å². The van der Waals surface area contributed by atoms with E-state index in [1.54, 1.807) is 7.11 Å². The van der Waals surface area contributed by atoms with Crippen LogP contribution in [0.25, 0.3) is 0 Å². The number of nitrogens with one attached hydrogen (secondary N) is 1. The van der Waals surface area contributed by atoms with E-state index >= 15 is 0 Å². The minimum atomic E-state index is 0.250. The molecule has 17 heavy (non-hydrogen) atoms. The molecule has 3 heteroatoms. The van der Waals surface area contributed by atoms with Crippen molar-refractivity contribution in [3.05, 3.63) is 0 Å². The third-order valence-electron chi connectivity index (χ3n) is 4.50. The number of hydrogen-bond acceptors (Lipinski definition) is 3. The van der Waals surface area contributed by atoms with Gasteiger partial charge in [-0.05, 0) is 31.6 Å². The summed E-state index contributed by atoms with van der Waals surface area (Å²) in [6.45, 7) is 6.38. The van der Waals surface area contributed by atoms with Crippen LogP contribution in [0.15, 0.2) is 0 Å². The van der Waals surface area contributed by atoms with Gasteiger partial charge in [-0.2, -0.15) is 0 Å². The van der Waals surface area contributed by atoms with Crippen molar-refractivity contribution in [1.29, 1.82) is 0 Å². The lowest BCUT2D eigenvalue weighted by Gasteiger charge is -2.44. The van der Waals surface area contributed by atoms with Crippen molar-refractivity contribution in [2.24, 2.45) is 5.41 Å². The lowest BCUT2D eigenvalue weighted by molar-refractivity contribution is -0.132. The first kappa shape index (κ1) is 13.3. The Kier molecular flexibility index (Phi) is 4.45. The number of methoxy groups -OCH3 is 1. The number of hydrogen-bond donors (Lipinski definition) is 1. The minimum Gasteiger partial charge on any atom is -0.377 e. The van der Waals surface area contributed by atoms with E-state index in [0.717, 1.165) is 19.6 Å². The van der Waals surface area contributed by atoms with Crippen LogP contribution in [0.3, 0.4) is 0 Å². The molecule has 0 spiro atoms. The Bertz CT molecular complexity index is 238. The SMILES string of the molecule is CCOC1CC(NCC2(C)CCCC2)C1OC. The van der Waals surface area contributed by atoms with Crippen LogP contribution in [0.4, 0.5) is 0 Å². The first-order valence-corrected chi connectivity index (χ1v) is 7.06. The highest BCUT2D eigenvalue weighted by Gasteiger charge is 2.42. The fourth-order valence-corrected chi connectivity index (χ4v) is 3.26. The molecule has 3 nitrogen and oxygen atoms in total. The average molecular weight is 241 g/mol. The maximum absolute atomic E-state index is 5.64. The average Bonchev–Trinajstić information content (AvgIpc) is 2.70. The maximum atomic E-state index is 5.64. The van der Waals surface area contributed by atoms with Crippen molar-refractivity contribution in [1.82, 2.24) is 5.32 Å². The molecule has 2 fully saturated rings. The van der Waals surface area contributed by atoms with Gasteiger partial charge >= 0.3 is 0 Å². The van der Waals surface area contributed by atoms with Crippen LogP contribution in [-0.4, -0.2) is 38.5 Å². The summed E-state index contributed by atoms with van der Waals surface area (Å²) in [4.78, 5) is 0. The highest BCUT2D eigenvalue weighted by molar-refractivity contribution is 4.98. The first-order chi connectivity index (χ1) is 8.18. The van der Waals surface area contributed by atoms with Gasteiger partial charge in [0.1, 0.15) is 0 Å². The Hall–Kier alpha value is -0.120. The van der Waals surface area contributed by atoms with Crippen molar-refractivity contribution in [2.45, 2.75) is 64.2 Å². The van der Waals surface area contributed by atoms with E-state index in [1.807, 2.05) is 6.92 Å². The highest BCUT2D eigenvalue weighted by atomic mass is 16.5. The molecule has 0 heterocycles. The van der Waals surface area contributed by atoms with Gasteiger partial charge in [-0.1, -0.05) is 19.8 Å². The van der Waals surface area contributed by atoms with Crippen molar-refractivity contribution in [2.75, 3.05) is 20.3 Å². The Morgan fingerprint density at radius 1 is 1.29 bits per heavy atom. The van der Waals surface area contributed by atoms with E-state index < -0.39 is 0 Å². The summed E-state index contributed by atoms with van der Waals surface area (Å²) in [5.74, 6) is 0. The quantitative estimate of drug-likeness (QED) is 0.774. The third kappa shape index (κ3) is 3.01. The van der Waals surface area contributed by atoms with Crippen LogP contribution >= 0.6 is 0 Å². The van der Waals surface area contributed by atoms with Gasteiger partial charge in [0.15, 0.2) is 0 Å². The molecule has 3 unspecified atom stereocenters. The van der Waals surface area contributed by atoms with E-state index in [2.05, 4.69) is 12.2 Å². The van der Waals surface area contributed by atoms with Gasteiger partial charge in [-0.15, -0.1) is 0 Å². The second-order valence-corrected chi connectivity index (χ2v) is 5.93. The second-order valence-electron chi connectivity index (χ2n) is 5.93. The molecule has 3 atom stereocenters. The zero-order valence-corrected chi connectivity index (χ0v) is 11.5. The molecule has 0 saturated heterocycles. The van der Waals surface area contributed by atoms with Crippen molar-refractivity contribution in [3.63, 3.8) is 0 Å². The Labute approximate surface area is 105 Å². The molecular formula is C14H27NO2. The van der Waals surface area contributed by atoms with Gasteiger partial charge in [0.25, 0.3) is 0 Å². The van der Waals surface area contributed by atoms with Crippen LogP contribution in [0, 0.1) is 5.41 Å². The number of rotatable bonds is 6. The third-order valence-corrected chi connectivity index (χ3v) is 4.50. The fourth-order valence-electron chi connectivity index (χ4n) is 3.26.